The van der Waals surface area contributed by atoms with Crippen molar-refractivity contribution in [2.75, 3.05) is 7.11 Å². The smallest absolute Gasteiger partial charge is 0.274 e. The first-order valence-electron chi connectivity index (χ1n) is 10.0. The largest absolute Gasteiger partial charge is 0.497 e. The van der Waals surface area contributed by atoms with Crippen molar-refractivity contribution in [2.24, 2.45) is 0 Å². The van der Waals surface area contributed by atoms with Crippen molar-refractivity contribution >= 4 is 5.91 Å². The number of nitrogens with zero attached hydrogens (tertiary/aromatic N) is 3. The normalized spacial score (nSPS) is 11.8. The summed E-state index contributed by atoms with van der Waals surface area (Å²) in [5.41, 5.74) is 3.74. The van der Waals surface area contributed by atoms with Crippen LogP contribution in [0.4, 0.5) is 0 Å². The molecule has 2 aromatic heterocycles. The Kier molecular flexibility index (Phi) is 5.84. The lowest BCUT2D eigenvalue weighted by Crippen LogP contribution is -2.30. The average Bonchev–Trinajstić information content (AvgIpc) is 3.43. The first-order chi connectivity index (χ1) is 15.0. The Hall–Kier alpha value is -3.87. The molecule has 31 heavy (non-hydrogen) atoms. The van der Waals surface area contributed by atoms with Gasteiger partial charge in [0, 0.05) is 11.8 Å². The lowest BCUT2D eigenvalue weighted by Gasteiger charge is -2.15. The third-order valence-electron chi connectivity index (χ3n) is 5.09. The first-order valence-corrected chi connectivity index (χ1v) is 10.0. The van der Waals surface area contributed by atoms with Crippen molar-refractivity contribution in [2.45, 2.75) is 26.4 Å². The molecule has 4 rings (SSSR count). The van der Waals surface area contributed by atoms with Gasteiger partial charge in [0.1, 0.15) is 18.0 Å². The second-order valence-corrected chi connectivity index (χ2v) is 7.37. The number of amides is 1. The number of carbonyl (C=O) groups excluding carboxylic acids is 1. The van der Waals surface area contributed by atoms with E-state index < -0.39 is 0 Å². The summed E-state index contributed by atoms with van der Waals surface area (Å²) >= 11 is 0. The minimum Gasteiger partial charge on any atom is -0.497 e. The van der Waals surface area contributed by atoms with Gasteiger partial charge >= 0.3 is 0 Å². The fourth-order valence-electron chi connectivity index (χ4n) is 3.31. The average molecular weight is 416 g/mol. The summed E-state index contributed by atoms with van der Waals surface area (Å²) in [6.07, 6.45) is 1.82. The number of rotatable bonds is 7. The van der Waals surface area contributed by atoms with Crippen LogP contribution in [-0.2, 0) is 11.3 Å². The van der Waals surface area contributed by atoms with Crippen molar-refractivity contribution in [1.29, 1.82) is 0 Å². The summed E-state index contributed by atoms with van der Waals surface area (Å²) in [6, 6.07) is 19.1. The van der Waals surface area contributed by atoms with Crippen LogP contribution >= 0.6 is 0 Å². The van der Waals surface area contributed by atoms with Crippen LogP contribution in [0.3, 0.4) is 0 Å². The maximum atomic E-state index is 12.6. The van der Waals surface area contributed by atoms with Crippen LogP contribution in [-0.4, -0.2) is 27.7 Å². The number of methoxy groups -OCH3 is 1. The van der Waals surface area contributed by atoms with E-state index in [-0.39, 0.29) is 18.5 Å². The molecule has 158 valence electrons. The molecule has 0 aliphatic rings. The Morgan fingerprint density at radius 2 is 1.87 bits per heavy atom. The molecular weight excluding hydrogens is 392 g/mol. The third kappa shape index (κ3) is 4.66. The van der Waals surface area contributed by atoms with Gasteiger partial charge in [0.2, 0.25) is 11.7 Å². The highest BCUT2D eigenvalue weighted by molar-refractivity contribution is 5.77. The quantitative estimate of drug-likeness (QED) is 0.483. The third-order valence-corrected chi connectivity index (χ3v) is 5.09. The lowest BCUT2D eigenvalue weighted by molar-refractivity contribution is -0.122. The van der Waals surface area contributed by atoms with Crippen LogP contribution < -0.4 is 10.1 Å². The van der Waals surface area contributed by atoms with E-state index in [4.69, 9.17) is 9.26 Å². The predicted octanol–water partition coefficient (Wildman–Crippen LogP) is 4.40. The molecule has 0 bridgehead atoms. The summed E-state index contributed by atoms with van der Waals surface area (Å²) in [4.78, 5) is 17.1. The number of nitrogens with one attached hydrogen (secondary N) is 1. The van der Waals surface area contributed by atoms with Gasteiger partial charge < -0.3 is 19.1 Å². The zero-order chi connectivity index (χ0) is 21.8. The van der Waals surface area contributed by atoms with Gasteiger partial charge in [-0.25, -0.2) is 0 Å². The number of hydrogen-bond donors (Lipinski definition) is 1. The van der Waals surface area contributed by atoms with Crippen molar-refractivity contribution < 1.29 is 14.1 Å². The number of ether oxygens (including phenoxy) is 1. The minimum atomic E-state index is -0.131. The summed E-state index contributed by atoms with van der Waals surface area (Å²) in [6.45, 7) is 4.12. The van der Waals surface area contributed by atoms with E-state index in [9.17, 15) is 4.79 Å². The van der Waals surface area contributed by atoms with E-state index >= 15 is 0 Å². The number of aromatic nitrogens is 3. The molecule has 0 unspecified atom stereocenters. The van der Waals surface area contributed by atoms with Gasteiger partial charge in [-0.05, 0) is 43.7 Å². The Morgan fingerprint density at radius 3 is 2.58 bits per heavy atom. The molecule has 2 aromatic carbocycles. The number of benzene rings is 2. The summed E-state index contributed by atoms with van der Waals surface area (Å²) in [5, 5.41) is 7.10. The molecule has 0 spiro atoms. The molecule has 2 heterocycles. The van der Waals surface area contributed by atoms with Crippen molar-refractivity contribution in [1.82, 2.24) is 20.0 Å². The molecule has 7 nitrogen and oxygen atoms in total. The van der Waals surface area contributed by atoms with E-state index in [2.05, 4.69) is 15.5 Å². The van der Waals surface area contributed by atoms with E-state index in [1.165, 1.54) is 0 Å². The minimum absolute atomic E-state index is 0.112. The van der Waals surface area contributed by atoms with Crippen LogP contribution in [0, 0.1) is 6.92 Å². The SMILES string of the molecule is COc1ccc([C@H](C)NC(=O)Cn2cccc2-c2nc(-c3ccc(C)cc3)no2)cc1. The second-order valence-electron chi connectivity index (χ2n) is 7.37. The molecular formula is C24H24N4O3. The molecule has 1 N–H and O–H groups in total. The molecule has 0 saturated heterocycles. The summed E-state index contributed by atoms with van der Waals surface area (Å²) in [5.74, 6) is 1.56. The Bertz CT molecular complexity index is 1160. The molecule has 0 aliphatic heterocycles. The zero-order valence-electron chi connectivity index (χ0n) is 17.7. The molecule has 1 atom stereocenters. The predicted molar refractivity (Wildman–Crippen MR) is 117 cm³/mol. The molecule has 0 radical (unpaired) electrons. The van der Waals surface area contributed by atoms with Gasteiger partial charge in [0.15, 0.2) is 0 Å². The standard InChI is InChI=1S/C24H24N4O3/c1-16-6-8-19(9-7-16)23-26-24(31-27-23)21-5-4-14-28(21)15-22(29)25-17(2)18-10-12-20(30-3)13-11-18/h4-14,17H,15H2,1-3H3,(H,25,29)/t17-/m0/s1. The summed E-state index contributed by atoms with van der Waals surface area (Å²) in [7, 11) is 1.63. The van der Waals surface area contributed by atoms with Crippen LogP contribution in [0.25, 0.3) is 23.0 Å². The van der Waals surface area contributed by atoms with Crippen LogP contribution in [0.15, 0.2) is 71.4 Å². The van der Waals surface area contributed by atoms with Crippen molar-refractivity contribution in [3.05, 3.63) is 78.0 Å². The fourth-order valence-corrected chi connectivity index (χ4v) is 3.31. The van der Waals surface area contributed by atoms with Gasteiger partial charge in [-0.15, -0.1) is 0 Å². The van der Waals surface area contributed by atoms with Gasteiger partial charge in [-0.1, -0.05) is 47.1 Å². The van der Waals surface area contributed by atoms with E-state index in [1.807, 2.05) is 80.7 Å². The Balaban J connectivity index is 1.44. The van der Waals surface area contributed by atoms with Crippen molar-refractivity contribution in [3.63, 3.8) is 0 Å². The molecule has 7 heteroatoms. The van der Waals surface area contributed by atoms with Gasteiger partial charge in [0.05, 0.1) is 13.2 Å². The lowest BCUT2D eigenvalue weighted by atomic mass is 10.1. The maximum absolute atomic E-state index is 12.6. The molecule has 0 fully saturated rings. The first kappa shape index (κ1) is 20.4. The molecule has 4 aromatic rings. The maximum Gasteiger partial charge on any atom is 0.274 e. The highest BCUT2D eigenvalue weighted by Gasteiger charge is 2.16. The van der Waals surface area contributed by atoms with E-state index in [0.29, 0.717) is 17.4 Å². The molecule has 0 saturated carbocycles. The van der Waals surface area contributed by atoms with E-state index in [1.54, 1.807) is 11.7 Å². The molecule has 1 amide bonds. The fraction of sp³-hybridized carbons (Fsp3) is 0.208. The molecule has 0 aliphatic carbocycles. The van der Waals surface area contributed by atoms with Gasteiger partial charge in [-0.3, -0.25) is 4.79 Å². The van der Waals surface area contributed by atoms with Crippen LogP contribution in [0.5, 0.6) is 5.75 Å². The highest BCUT2D eigenvalue weighted by atomic mass is 16.5. The zero-order valence-corrected chi connectivity index (χ0v) is 17.7. The monoisotopic (exact) mass is 416 g/mol. The second kappa shape index (κ2) is 8.87. The van der Waals surface area contributed by atoms with Gasteiger partial charge in [0.25, 0.3) is 5.89 Å². The summed E-state index contributed by atoms with van der Waals surface area (Å²) < 4.78 is 12.4. The number of aryl methyl sites for hydroxylation is 1. The van der Waals surface area contributed by atoms with E-state index in [0.717, 1.165) is 22.4 Å². The topological polar surface area (TPSA) is 82.2 Å². The Labute approximate surface area is 180 Å². The number of carbonyl (C=O) groups is 1. The number of hydrogen-bond acceptors (Lipinski definition) is 5. The Morgan fingerprint density at radius 1 is 1.13 bits per heavy atom. The van der Waals surface area contributed by atoms with Crippen LogP contribution in [0.1, 0.15) is 24.1 Å². The highest BCUT2D eigenvalue weighted by Crippen LogP contribution is 2.23. The van der Waals surface area contributed by atoms with Crippen LogP contribution in [0.2, 0.25) is 0 Å². The van der Waals surface area contributed by atoms with Gasteiger partial charge in [-0.2, -0.15) is 4.98 Å². The van der Waals surface area contributed by atoms with Crippen molar-refractivity contribution in [3.8, 4) is 28.7 Å².